The van der Waals surface area contributed by atoms with Crippen LogP contribution < -0.4 is 14.8 Å². The van der Waals surface area contributed by atoms with Crippen molar-refractivity contribution in [3.05, 3.63) is 48.2 Å². The summed E-state index contributed by atoms with van der Waals surface area (Å²) in [6.45, 7) is 4.40. The molecular weight excluding hydrogens is 346 g/mol. The second-order valence-electron chi connectivity index (χ2n) is 5.57. The zero-order valence-electron chi connectivity index (χ0n) is 15.5. The zero-order valence-corrected chi connectivity index (χ0v) is 15.5. The third-order valence-corrected chi connectivity index (χ3v) is 3.83. The van der Waals surface area contributed by atoms with E-state index in [2.05, 4.69) is 15.3 Å². The number of pyridine rings is 2. The molecule has 0 bridgehead atoms. The lowest BCUT2D eigenvalue weighted by Crippen LogP contribution is -2.10. The third-order valence-electron chi connectivity index (χ3n) is 3.83. The highest BCUT2D eigenvalue weighted by atomic mass is 16.5. The maximum atomic E-state index is 12.4. The van der Waals surface area contributed by atoms with Crippen LogP contribution >= 0.6 is 0 Å². The number of ether oxygens (including phenoxy) is 3. The minimum atomic E-state index is -0.466. The number of carbonyl (C=O) groups excluding carboxylic acids is 1. The summed E-state index contributed by atoms with van der Waals surface area (Å²) >= 11 is 0. The van der Waals surface area contributed by atoms with E-state index in [1.54, 1.807) is 20.1 Å². The van der Waals surface area contributed by atoms with Gasteiger partial charge in [-0.2, -0.15) is 0 Å². The number of methoxy groups -OCH3 is 1. The first-order valence-electron chi connectivity index (χ1n) is 8.67. The van der Waals surface area contributed by atoms with Gasteiger partial charge in [-0.15, -0.1) is 0 Å². The summed E-state index contributed by atoms with van der Waals surface area (Å²) in [5, 5.41) is 3.26. The number of nitrogens with zero attached hydrogens (tertiary/aromatic N) is 2. The summed E-state index contributed by atoms with van der Waals surface area (Å²) in [6, 6.07) is 10.9. The largest absolute Gasteiger partial charge is 0.497 e. The standard InChI is InChI=1S/C20H21N3O4/c1-4-26-17-11-10-16-19(23-17)18(15(12-21-16)20(24)27-5-2)22-13-6-8-14(25-3)9-7-13/h6-12H,4-5H2,1-3H3,(H,21,22). The average molecular weight is 367 g/mol. The molecule has 0 spiro atoms. The van der Waals surface area contributed by atoms with Gasteiger partial charge in [-0.1, -0.05) is 0 Å². The Hall–Kier alpha value is -3.35. The lowest BCUT2D eigenvalue weighted by Gasteiger charge is -2.14. The highest BCUT2D eigenvalue weighted by Gasteiger charge is 2.18. The lowest BCUT2D eigenvalue weighted by molar-refractivity contribution is 0.0527. The highest BCUT2D eigenvalue weighted by molar-refractivity contribution is 6.04. The van der Waals surface area contributed by atoms with E-state index < -0.39 is 5.97 Å². The zero-order chi connectivity index (χ0) is 19.2. The van der Waals surface area contributed by atoms with E-state index in [9.17, 15) is 4.79 Å². The molecule has 0 saturated carbocycles. The van der Waals surface area contributed by atoms with Gasteiger partial charge in [0.1, 0.15) is 16.8 Å². The van der Waals surface area contributed by atoms with Crippen LogP contribution in [0.1, 0.15) is 24.2 Å². The number of esters is 1. The fourth-order valence-electron chi connectivity index (χ4n) is 2.59. The molecule has 0 aliphatic carbocycles. The van der Waals surface area contributed by atoms with E-state index >= 15 is 0 Å². The van der Waals surface area contributed by atoms with Gasteiger partial charge >= 0.3 is 5.97 Å². The number of hydrogen-bond donors (Lipinski definition) is 1. The molecule has 3 rings (SSSR count). The number of hydrogen-bond acceptors (Lipinski definition) is 7. The number of benzene rings is 1. The Morgan fingerprint density at radius 1 is 1.07 bits per heavy atom. The summed E-state index contributed by atoms with van der Waals surface area (Å²) in [6.07, 6.45) is 1.49. The maximum absolute atomic E-state index is 12.4. The van der Waals surface area contributed by atoms with Gasteiger partial charge in [0.05, 0.1) is 31.5 Å². The van der Waals surface area contributed by atoms with Gasteiger partial charge in [-0.05, 0) is 44.2 Å². The minimum Gasteiger partial charge on any atom is -0.497 e. The molecule has 0 aliphatic rings. The first-order chi connectivity index (χ1) is 13.2. The van der Waals surface area contributed by atoms with E-state index in [0.29, 0.717) is 34.8 Å². The van der Waals surface area contributed by atoms with E-state index in [4.69, 9.17) is 14.2 Å². The summed E-state index contributed by atoms with van der Waals surface area (Å²) in [4.78, 5) is 21.3. The van der Waals surface area contributed by atoms with E-state index in [-0.39, 0.29) is 6.61 Å². The molecule has 1 aromatic carbocycles. The number of aromatic nitrogens is 2. The predicted octanol–water partition coefficient (Wildman–Crippen LogP) is 3.96. The molecule has 0 fully saturated rings. The van der Waals surface area contributed by atoms with Crippen molar-refractivity contribution in [2.24, 2.45) is 0 Å². The van der Waals surface area contributed by atoms with Gasteiger partial charge < -0.3 is 19.5 Å². The van der Waals surface area contributed by atoms with Crippen LogP contribution in [0.15, 0.2) is 42.6 Å². The van der Waals surface area contributed by atoms with Crippen molar-refractivity contribution in [1.82, 2.24) is 9.97 Å². The normalized spacial score (nSPS) is 10.5. The molecule has 27 heavy (non-hydrogen) atoms. The van der Waals surface area contributed by atoms with E-state index in [1.165, 1.54) is 6.20 Å². The summed E-state index contributed by atoms with van der Waals surface area (Å²) in [7, 11) is 1.61. The van der Waals surface area contributed by atoms with Crippen LogP contribution in [0.5, 0.6) is 11.6 Å². The topological polar surface area (TPSA) is 82.6 Å². The highest BCUT2D eigenvalue weighted by Crippen LogP contribution is 2.30. The van der Waals surface area contributed by atoms with Gasteiger partial charge in [-0.3, -0.25) is 4.98 Å². The Morgan fingerprint density at radius 2 is 1.85 bits per heavy atom. The Labute approximate surface area is 157 Å². The number of nitrogens with one attached hydrogen (secondary N) is 1. The van der Waals surface area contributed by atoms with Crippen LogP contribution in [0.25, 0.3) is 11.0 Å². The fourth-order valence-corrected chi connectivity index (χ4v) is 2.59. The summed E-state index contributed by atoms with van der Waals surface area (Å²) < 4.78 is 15.9. The van der Waals surface area contributed by atoms with Gasteiger partial charge in [0.15, 0.2) is 0 Å². The SMILES string of the molecule is CCOC(=O)c1cnc2ccc(OCC)nc2c1Nc1ccc(OC)cc1. The second-order valence-corrected chi connectivity index (χ2v) is 5.57. The van der Waals surface area contributed by atoms with Crippen LogP contribution in [0.2, 0.25) is 0 Å². The molecule has 0 radical (unpaired) electrons. The van der Waals surface area contributed by atoms with Crippen molar-refractivity contribution in [3.8, 4) is 11.6 Å². The quantitative estimate of drug-likeness (QED) is 0.633. The smallest absolute Gasteiger partial charge is 0.341 e. The van der Waals surface area contributed by atoms with Crippen LogP contribution in [-0.4, -0.2) is 36.3 Å². The molecule has 7 heteroatoms. The Bertz CT molecular complexity index is 942. The molecule has 0 saturated heterocycles. The van der Waals surface area contributed by atoms with E-state index in [0.717, 1.165) is 11.4 Å². The monoisotopic (exact) mass is 367 g/mol. The van der Waals surface area contributed by atoms with Crippen molar-refractivity contribution in [3.63, 3.8) is 0 Å². The number of fused-ring (bicyclic) bond motifs is 1. The van der Waals surface area contributed by atoms with E-state index in [1.807, 2.05) is 37.3 Å². The summed E-state index contributed by atoms with van der Waals surface area (Å²) in [5.41, 5.74) is 2.77. The predicted molar refractivity (Wildman–Crippen MR) is 103 cm³/mol. The maximum Gasteiger partial charge on any atom is 0.341 e. The van der Waals surface area contributed by atoms with Crippen molar-refractivity contribution in [2.75, 3.05) is 25.6 Å². The molecule has 0 amide bonds. The molecule has 2 heterocycles. The first kappa shape index (κ1) is 18.4. The van der Waals surface area contributed by atoms with Crippen LogP contribution in [0.4, 0.5) is 11.4 Å². The number of carbonyl (C=O) groups is 1. The van der Waals surface area contributed by atoms with Gasteiger partial charge in [0, 0.05) is 18.0 Å². The molecule has 140 valence electrons. The van der Waals surface area contributed by atoms with Gasteiger partial charge in [0.25, 0.3) is 0 Å². The first-order valence-corrected chi connectivity index (χ1v) is 8.67. The molecule has 0 atom stereocenters. The van der Waals surface area contributed by atoms with Crippen molar-refractivity contribution < 1.29 is 19.0 Å². The Kier molecular flexibility index (Phi) is 5.71. The molecule has 7 nitrogen and oxygen atoms in total. The van der Waals surface area contributed by atoms with Crippen LogP contribution in [-0.2, 0) is 4.74 Å². The Balaban J connectivity index is 2.11. The third kappa shape index (κ3) is 4.08. The minimum absolute atomic E-state index is 0.269. The van der Waals surface area contributed by atoms with Crippen LogP contribution in [0.3, 0.4) is 0 Å². The van der Waals surface area contributed by atoms with Gasteiger partial charge in [0.2, 0.25) is 5.88 Å². The average Bonchev–Trinajstić information content (AvgIpc) is 2.69. The van der Waals surface area contributed by atoms with Crippen LogP contribution in [0, 0.1) is 0 Å². The Morgan fingerprint density at radius 3 is 2.52 bits per heavy atom. The van der Waals surface area contributed by atoms with Gasteiger partial charge in [-0.25, -0.2) is 9.78 Å². The molecule has 3 aromatic rings. The van der Waals surface area contributed by atoms with Crippen molar-refractivity contribution >= 4 is 28.4 Å². The molecule has 0 unspecified atom stereocenters. The lowest BCUT2D eigenvalue weighted by atomic mass is 10.1. The second kappa shape index (κ2) is 8.35. The van der Waals surface area contributed by atoms with Crippen molar-refractivity contribution in [2.45, 2.75) is 13.8 Å². The molecular formula is C20H21N3O4. The molecule has 1 N–H and O–H groups in total. The summed E-state index contributed by atoms with van der Waals surface area (Å²) in [5.74, 6) is 0.736. The number of anilines is 2. The molecule has 0 aliphatic heterocycles. The molecule has 2 aromatic heterocycles. The fraction of sp³-hybridized carbons (Fsp3) is 0.250. The number of rotatable bonds is 7. The van der Waals surface area contributed by atoms with Crippen molar-refractivity contribution in [1.29, 1.82) is 0 Å².